The van der Waals surface area contributed by atoms with E-state index in [-0.39, 0.29) is 0 Å². The van der Waals surface area contributed by atoms with Gasteiger partial charge in [0, 0.05) is 34.3 Å². The Bertz CT molecular complexity index is 370. The fourth-order valence-corrected chi connectivity index (χ4v) is 3.99. The van der Waals surface area contributed by atoms with E-state index >= 15 is 0 Å². The van der Waals surface area contributed by atoms with E-state index < -0.39 is 0 Å². The van der Waals surface area contributed by atoms with E-state index in [4.69, 9.17) is 5.73 Å². The first-order chi connectivity index (χ1) is 7.15. The van der Waals surface area contributed by atoms with Gasteiger partial charge in [-0.25, -0.2) is 0 Å². The summed E-state index contributed by atoms with van der Waals surface area (Å²) in [6, 6.07) is 6.81. The lowest BCUT2D eigenvalue weighted by Crippen LogP contribution is -2.44. The summed E-state index contributed by atoms with van der Waals surface area (Å²) in [4.78, 5) is 3.63. The zero-order chi connectivity index (χ0) is 11.0. The maximum Gasteiger partial charge on any atom is 0.0649 e. The van der Waals surface area contributed by atoms with Crippen LogP contribution in [0.1, 0.15) is 6.92 Å². The van der Waals surface area contributed by atoms with E-state index in [1.54, 1.807) is 0 Å². The lowest BCUT2D eigenvalue weighted by molar-refractivity contribution is 0.635. The highest BCUT2D eigenvalue weighted by atomic mass is 79.9. The Labute approximate surface area is 103 Å². The van der Waals surface area contributed by atoms with Gasteiger partial charge in [0.25, 0.3) is 0 Å². The van der Waals surface area contributed by atoms with Crippen LogP contribution in [0.4, 0.5) is 5.69 Å². The first-order valence-corrected chi connectivity index (χ1v) is 6.70. The molecule has 0 amide bonds. The summed E-state index contributed by atoms with van der Waals surface area (Å²) in [5.41, 5.74) is 7.08. The molecule has 2 atom stereocenters. The molecule has 0 fully saturated rings. The van der Waals surface area contributed by atoms with E-state index in [0.29, 0.717) is 11.3 Å². The number of hydrogen-bond acceptors (Lipinski definition) is 3. The zero-order valence-corrected chi connectivity index (χ0v) is 11.3. The molecule has 2 nitrogen and oxygen atoms in total. The van der Waals surface area contributed by atoms with Crippen LogP contribution in [0.3, 0.4) is 0 Å². The van der Waals surface area contributed by atoms with Crippen molar-refractivity contribution in [3.63, 3.8) is 0 Å². The summed E-state index contributed by atoms with van der Waals surface area (Å²) >= 11 is 5.49. The molecule has 82 valence electrons. The smallest absolute Gasteiger partial charge is 0.0649 e. The molecule has 0 spiro atoms. The average molecular weight is 287 g/mol. The van der Waals surface area contributed by atoms with Crippen molar-refractivity contribution < 1.29 is 0 Å². The quantitative estimate of drug-likeness (QED) is 0.861. The summed E-state index contributed by atoms with van der Waals surface area (Å²) in [5, 5.41) is 0.483. The lowest BCUT2D eigenvalue weighted by atomic mass is 10.1. The van der Waals surface area contributed by atoms with Crippen molar-refractivity contribution >= 4 is 33.4 Å². The van der Waals surface area contributed by atoms with Crippen LogP contribution < -0.4 is 10.6 Å². The molecule has 1 aliphatic rings. The van der Waals surface area contributed by atoms with E-state index in [9.17, 15) is 0 Å². The van der Waals surface area contributed by atoms with Crippen molar-refractivity contribution in [3.8, 4) is 0 Å². The van der Waals surface area contributed by atoms with Gasteiger partial charge in [0.05, 0.1) is 5.69 Å². The molecule has 2 rings (SSSR count). The topological polar surface area (TPSA) is 29.3 Å². The van der Waals surface area contributed by atoms with E-state index in [0.717, 1.165) is 11.0 Å². The zero-order valence-electron chi connectivity index (χ0n) is 8.90. The number of anilines is 1. The third kappa shape index (κ3) is 1.90. The Hall–Kier alpha value is -0.190. The Morgan fingerprint density at radius 3 is 2.93 bits per heavy atom. The van der Waals surface area contributed by atoms with Crippen molar-refractivity contribution in [1.29, 1.82) is 0 Å². The highest BCUT2D eigenvalue weighted by Crippen LogP contribution is 2.44. The normalized spacial score (nSPS) is 25.2. The molecular weight excluding hydrogens is 272 g/mol. The number of fused-ring (bicyclic) bond motifs is 1. The molecule has 1 heterocycles. The number of nitrogens with zero attached hydrogens (tertiary/aromatic N) is 1. The molecule has 0 bridgehead atoms. The summed E-state index contributed by atoms with van der Waals surface area (Å²) in [5.74, 6) is 0. The minimum absolute atomic E-state index is 0.478. The van der Waals surface area contributed by atoms with E-state index in [2.05, 4.69) is 53.0 Å². The molecule has 2 unspecified atom stereocenters. The average Bonchev–Trinajstić information content (AvgIpc) is 2.23. The van der Waals surface area contributed by atoms with Crippen LogP contribution in [0.2, 0.25) is 0 Å². The maximum absolute atomic E-state index is 5.79. The molecule has 0 saturated carbocycles. The molecule has 0 aliphatic carbocycles. The second-order valence-electron chi connectivity index (χ2n) is 3.83. The molecular formula is C11H15BrN2S. The molecule has 15 heavy (non-hydrogen) atoms. The number of thioether (sulfide) groups is 1. The molecule has 0 radical (unpaired) electrons. The predicted octanol–water partition coefficient (Wildman–Crippen LogP) is 2.71. The van der Waals surface area contributed by atoms with Crippen molar-refractivity contribution in [3.05, 3.63) is 22.7 Å². The number of halogens is 1. The molecule has 0 saturated heterocycles. The number of benzene rings is 1. The molecule has 1 aromatic carbocycles. The fraction of sp³-hybridized carbons (Fsp3) is 0.455. The number of hydrogen-bond donors (Lipinski definition) is 1. The SMILES string of the molecule is CC1C(CN)Sc2cccc(Br)c2N1C. The van der Waals surface area contributed by atoms with Gasteiger partial charge in [0.15, 0.2) is 0 Å². The molecule has 0 aromatic heterocycles. The van der Waals surface area contributed by atoms with Crippen LogP contribution in [0.5, 0.6) is 0 Å². The van der Waals surface area contributed by atoms with Gasteiger partial charge in [-0.05, 0) is 35.0 Å². The second kappa shape index (κ2) is 4.36. The van der Waals surface area contributed by atoms with Gasteiger partial charge in [0.1, 0.15) is 0 Å². The van der Waals surface area contributed by atoms with Crippen LogP contribution in [-0.4, -0.2) is 24.9 Å². The van der Waals surface area contributed by atoms with Gasteiger partial charge < -0.3 is 10.6 Å². The van der Waals surface area contributed by atoms with Gasteiger partial charge in [-0.15, -0.1) is 11.8 Å². The minimum atomic E-state index is 0.478. The van der Waals surface area contributed by atoms with Crippen LogP contribution in [0, 0.1) is 0 Å². The summed E-state index contributed by atoms with van der Waals surface area (Å²) < 4.78 is 1.16. The summed E-state index contributed by atoms with van der Waals surface area (Å²) in [6.45, 7) is 2.95. The van der Waals surface area contributed by atoms with Crippen LogP contribution in [0.25, 0.3) is 0 Å². The molecule has 1 aliphatic heterocycles. The molecule has 4 heteroatoms. The molecule has 2 N–H and O–H groups in total. The van der Waals surface area contributed by atoms with Crippen molar-refractivity contribution in [2.45, 2.75) is 23.1 Å². The first kappa shape index (κ1) is 11.3. The molecule has 1 aromatic rings. The number of para-hydroxylation sites is 1. The Kier molecular flexibility index (Phi) is 3.28. The second-order valence-corrected chi connectivity index (χ2v) is 5.97. The highest BCUT2D eigenvalue weighted by molar-refractivity contribution is 9.10. The third-order valence-corrected chi connectivity index (χ3v) is 5.07. The summed E-state index contributed by atoms with van der Waals surface area (Å²) in [7, 11) is 2.14. The maximum atomic E-state index is 5.79. The Balaban J connectivity index is 2.45. The number of rotatable bonds is 1. The van der Waals surface area contributed by atoms with E-state index in [1.807, 2.05) is 11.8 Å². The fourth-order valence-electron chi connectivity index (χ4n) is 1.89. The largest absolute Gasteiger partial charge is 0.369 e. The van der Waals surface area contributed by atoms with Gasteiger partial charge in [-0.3, -0.25) is 0 Å². The van der Waals surface area contributed by atoms with Crippen LogP contribution in [0.15, 0.2) is 27.6 Å². The van der Waals surface area contributed by atoms with E-state index in [1.165, 1.54) is 10.6 Å². The predicted molar refractivity (Wildman–Crippen MR) is 70.7 cm³/mol. The summed E-state index contributed by atoms with van der Waals surface area (Å²) in [6.07, 6.45) is 0. The van der Waals surface area contributed by atoms with Gasteiger partial charge in [0.2, 0.25) is 0 Å². The monoisotopic (exact) mass is 286 g/mol. The Morgan fingerprint density at radius 2 is 2.27 bits per heavy atom. The van der Waals surface area contributed by atoms with Gasteiger partial charge in [-0.2, -0.15) is 0 Å². The van der Waals surface area contributed by atoms with Crippen LogP contribution in [-0.2, 0) is 0 Å². The highest BCUT2D eigenvalue weighted by Gasteiger charge is 2.29. The van der Waals surface area contributed by atoms with Crippen molar-refractivity contribution in [1.82, 2.24) is 0 Å². The van der Waals surface area contributed by atoms with Crippen molar-refractivity contribution in [2.24, 2.45) is 5.73 Å². The Morgan fingerprint density at radius 1 is 1.53 bits per heavy atom. The third-order valence-electron chi connectivity index (χ3n) is 2.96. The minimum Gasteiger partial charge on any atom is -0.369 e. The first-order valence-electron chi connectivity index (χ1n) is 5.03. The van der Waals surface area contributed by atoms with Gasteiger partial charge in [-0.1, -0.05) is 6.07 Å². The van der Waals surface area contributed by atoms with Crippen molar-refractivity contribution in [2.75, 3.05) is 18.5 Å². The van der Waals surface area contributed by atoms with Gasteiger partial charge >= 0.3 is 0 Å². The van der Waals surface area contributed by atoms with Crippen LogP contribution >= 0.6 is 27.7 Å². The number of nitrogens with two attached hydrogens (primary N) is 1. The standard InChI is InChI=1S/C11H15BrN2S/c1-7-10(6-13)15-9-5-3-4-8(12)11(9)14(7)2/h3-5,7,10H,6,13H2,1-2H3. The lowest BCUT2D eigenvalue weighted by Gasteiger charge is -2.39.